The Hall–Kier alpha value is -2.24. The minimum Gasteiger partial charge on any atom is -0.493 e. The van der Waals surface area contributed by atoms with Crippen LogP contribution in [0.15, 0.2) is 42.5 Å². The summed E-state index contributed by atoms with van der Waals surface area (Å²) >= 11 is 0. The first-order valence-electron chi connectivity index (χ1n) is 8.34. The summed E-state index contributed by atoms with van der Waals surface area (Å²) in [6.45, 7) is 4.25. The van der Waals surface area contributed by atoms with Crippen LogP contribution in [-0.4, -0.2) is 25.4 Å². The molecule has 0 aliphatic heterocycles. The van der Waals surface area contributed by atoms with E-state index in [-0.39, 0.29) is 5.92 Å². The Bertz CT molecular complexity index is 673. The zero-order valence-electron chi connectivity index (χ0n) is 15.2. The molecule has 0 amide bonds. The van der Waals surface area contributed by atoms with Crippen molar-refractivity contribution in [2.75, 3.05) is 14.2 Å². The Morgan fingerprint density at radius 3 is 2.12 bits per heavy atom. The lowest BCUT2D eigenvalue weighted by molar-refractivity contribution is 0.0963. The minimum atomic E-state index is -0.697. The molecule has 0 aliphatic carbocycles. The topological polar surface area (TPSA) is 73.9 Å². The Balaban J connectivity index is 2.37. The summed E-state index contributed by atoms with van der Waals surface area (Å²) in [5.74, 6) is 1.70. The lowest BCUT2D eigenvalue weighted by Gasteiger charge is -2.25. The molecule has 136 valence electrons. The fraction of sp³-hybridized carbons (Fsp3) is 0.400. The summed E-state index contributed by atoms with van der Waals surface area (Å²) in [6.07, 6.45) is -0.697. The number of ether oxygens (including phenoxy) is 3. The van der Waals surface area contributed by atoms with Gasteiger partial charge in [-0.3, -0.25) is 0 Å². The smallest absolute Gasteiger partial charge is 0.164 e. The molecule has 5 nitrogen and oxygen atoms in total. The number of benzene rings is 2. The lowest BCUT2D eigenvalue weighted by atomic mass is 9.93. The Morgan fingerprint density at radius 2 is 1.56 bits per heavy atom. The highest BCUT2D eigenvalue weighted by Gasteiger charge is 2.25. The van der Waals surface area contributed by atoms with E-state index < -0.39 is 12.1 Å². The van der Waals surface area contributed by atoms with Gasteiger partial charge in [-0.05, 0) is 17.5 Å². The molecule has 0 fully saturated rings. The maximum Gasteiger partial charge on any atom is 0.164 e. The number of nitrogens with two attached hydrogens (primary N) is 1. The Morgan fingerprint density at radius 1 is 0.960 bits per heavy atom. The second-order valence-corrected chi connectivity index (χ2v) is 6.28. The van der Waals surface area contributed by atoms with Gasteiger partial charge in [-0.2, -0.15) is 0 Å². The van der Waals surface area contributed by atoms with Crippen LogP contribution >= 0.6 is 0 Å². The van der Waals surface area contributed by atoms with Gasteiger partial charge in [0.05, 0.1) is 26.4 Å². The summed E-state index contributed by atoms with van der Waals surface area (Å²) in [5.41, 5.74) is 8.03. The summed E-state index contributed by atoms with van der Waals surface area (Å²) in [5, 5.41) is 10.4. The van der Waals surface area contributed by atoms with Crippen LogP contribution < -0.4 is 19.9 Å². The molecule has 0 aliphatic rings. The number of hydrogen-bond donors (Lipinski definition) is 2. The first-order chi connectivity index (χ1) is 12.0. The van der Waals surface area contributed by atoms with Crippen LogP contribution in [0.5, 0.6) is 17.2 Å². The van der Waals surface area contributed by atoms with Gasteiger partial charge in [-0.25, -0.2) is 0 Å². The number of methoxy groups -OCH3 is 2. The van der Waals surface area contributed by atoms with Gasteiger partial charge in [-0.1, -0.05) is 44.2 Å². The maximum atomic E-state index is 10.4. The summed E-state index contributed by atoms with van der Waals surface area (Å²) in [4.78, 5) is 0. The highest BCUT2D eigenvalue weighted by atomic mass is 16.5. The van der Waals surface area contributed by atoms with Crippen molar-refractivity contribution >= 4 is 0 Å². The van der Waals surface area contributed by atoms with E-state index in [1.165, 1.54) is 0 Å². The molecule has 0 saturated carbocycles. The number of aliphatic hydroxyl groups excluding tert-OH is 1. The van der Waals surface area contributed by atoms with E-state index in [1.54, 1.807) is 26.4 Å². The third-order valence-electron chi connectivity index (χ3n) is 4.16. The van der Waals surface area contributed by atoms with Crippen molar-refractivity contribution in [3.05, 3.63) is 53.6 Å². The fourth-order valence-corrected chi connectivity index (χ4v) is 2.60. The van der Waals surface area contributed by atoms with Crippen molar-refractivity contribution in [2.45, 2.75) is 32.6 Å². The lowest BCUT2D eigenvalue weighted by Crippen LogP contribution is -2.31. The molecule has 2 aromatic rings. The molecule has 5 heteroatoms. The van der Waals surface area contributed by atoms with Crippen molar-refractivity contribution in [2.24, 2.45) is 11.7 Å². The summed E-state index contributed by atoms with van der Waals surface area (Å²) < 4.78 is 16.7. The molecule has 0 radical (unpaired) electrons. The van der Waals surface area contributed by atoms with E-state index in [1.807, 2.05) is 44.2 Å². The van der Waals surface area contributed by atoms with Crippen LogP contribution in [0.1, 0.15) is 31.0 Å². The van der Waals surface area contributed by atoms with Crippen LogP contribution in [0.2, 0.25) is 0 Å². The second kappa shape index (κ2) is 8.74. The highest BCUT2D eigenvalue weighted by Crippen LogP contribution is 2.38. The summed E-state index contributed by atoms with van der Waals surface area (Å²) in [7, 11) is 3.14. The van der Waals surface area contributed by atoms with Crippen molar-refractivity contribution in [1.82, 2.24) is 0 Å². The largest absolute Gasteiger partial charge is 0.493 e. The molecule has 0 bridgehead atoms. The Labute approximate surface area is 149 Å². The maximum absolute atomic E-state index is 10.4. The molecule has 0 unspecified atom stereocenters. The fourth-order valence-electron chi connectivity index (χ4n) is 2.60. The van der Waals surface area contributed by atoms with Gasteiger partial charge in [0.25, 0.3) is 0 Å². The molecule has 2 aromatic carbocycles. The van der Waals surface area contributed by atoms with Gasteiger partial charge >= 0.3 is 0 Å². The van der Waals surface area contributed by atoms with E-state index >= 15 is 0 Å². The molecule has 0 saturated heterocycles. The normalized spacial score (nSPS) is 13.4. The summed E-state index contributed by atoms with van der Waals surface area (Å²) in [6, 6.07) is 12.8. The van der Waals surface area contributed by atoms with E-state index in [4.69, 9.17) is 19.9 Å². The van der Waals surface area contributed by atoms with Gasteiger partial charge in [-0.15, -0.1) is 0 Å². The van der Waals surface area contributed by atoms with Gasteiger partial charge in [0.1, 0.15) is 12.4 Å². The Kier molecular flexibility index (Phi) is 6.67. The quantitative estimate of drug-likeness (QED) is 0.768. The third kappa shape index (κ3) is 4.65. The molecule has 25 heavy (non-hydrogen) atoms. The van der Waals surface area contributed by atoms with Gasteiger partial charge in [0.2, 0.25) is 0 Å². The van der Waals surface area contributed by atoms with Crippen molar-refractivity contribution in [3.63, 3.8) is 0 Å². The minimum absolute atomic E-state index is 0.0186. The molecule has 0 aromatic heterocycles. The SMILES string of the molecule is COc1cc(OCc2ccccc2)c([C@@H](N)[C@@H](O)C(C)C)cc1OC. The predicted octanol–water partition coefficient (Wildman–Crippen LogP) is 3.30. The standard InChI is InChI=1S/C20H27NO4/c1-13(2)20(22)19(21)15-10-17(23-3)18(24-4)11-16(15)25-12-14-8-6-5-7-9-14/h5-11,13,19-20,22H,12,21H2,1-4H3/t19-,20+/m1/s1. The van der Waals surface area contributed by atoms with E-state index in [9.17, 15) is 5.11 Å². The molecular formula is C20H27NO4. The van der Waals surface area contributed by atoms with Crippen molar-refractivity contribution in [3.8, 4) is 17.2 Å². The zero-order chi connectivity index (χ0) is 18.4. The van der Waals surface area contributed by atoms with E-state index in [2.05, 4.69) is 0 Å². The monoisotopic (exact) mass is 345 g/mol. The van der Waals surface area contributed by atoms with Crippen LogP contribution in [0.25, 0.3) is 0 Å². The molecule has 2 rings (SSSR count). The van der Waals surface area contributed by atoms with E-state index in [0.29, 0.717) is 29.4 Å². The molecule has 0 heterocycles. The number of hydrogen-bond acceptors (Lipinski definition) is 5. The van der Waals surface area contributed by atoms with Gasteiger partial charge in [0, 0.05) is 11.6 Å². The van der Waals surface area contributed by atoms with Crippen LogP contribution in [0, 0.1) is 5.92 Å². The predicted molar refractivity (Wildman–Crippen MR) is 98.1 cm³/mol. The van der Waals surface area contributed by atoms with Crippen molar-refractivity contribution in [1.29, 1.82) is 0 Å². The number of rotatable bonds is 8. The van der Waals surface area contributed by atoms with Crippen LogP contribution in [0.3, 0.4) is 0 Å². The average molecular weight is 345 g/mol. The van der Waals surface area contributed by atoms with Gasteiger partial charge in [0.15, 0.2) is 11.5 Å². The van der Waals surface area contributed by atoms with Gasteiger partial charge < -0.3 is 25.1 Å². The molecule has 2 atom stereocenters. The third-order valence-corrected chi connectivity index (χ3v) is 4.16. The number of aliphatic hydroxyl groups is 1. The molecule has 0 spiro atoms. The van der Waals surface area contributed by atoms with Crippen molar-refractivity contribution < 1.29 is 19.3 Å². The zero-order valence-corrected chi connectivity index (χ0v) is 15.2. The van der Waals surface area contributed by atoms with Crippen LogP contribution in [0.4, 0.5) is 0 Å². The molecule has 3 N–H and O–H groups in total. The average Bonchev–Trinajstić information content (AvgIpc) is 2.65. The van der Waals surface area contributed by atoms with Crippen LogP contribution in [-0.2, 0) is 6.61 Å². The first kappa shape index (κ1) is 19.1. The molecular weight excluding hydrogens is 318 g/mol. The second-order valence-electron chi connectivity index (χ2n) is 6.28. The highest BCUT2D eigenvalue weighted by molar-refractivity contribution is 5.52. The van der Waals surface area contributed by atoms with E-state index in [0.717, 1.165) is 5.56 Å². The first-order valence-corrected chi connectivity index (χ1v) is 8.34.